The van der Waals surface area contributed by atoms with E-state index in [4.69, 9.17) is 0 Å². The number of hydrogen-bond acceptors (Lipinski definition) is 2. The predicted octanol–water partition coefficient (Wildman–Crippen LogP) is 9.67. The molecule has 0 saturated carbocycles. The van der Waals surface area contributed by atoms with E-state index in [1.165, 1.54) is 48.9 Å². The van der Waals surface area contributed by atoms with E-state index in [-0.39, 0.29) is 31.9 Å². The van der Waals surface area contributed by atoms with Crippen LogP contribution >= 0.6 is 44.5 Å². The summed E-state index contributed by atoms with van der Waals surface area (Å²) in [5, 5.41) is 0. The highest BCUT2D eigenvalue weighted by Gasteiger charge is 2.19. The van der Waals surface area contributed by atoms with Crippen LogP contribution in [0.4, 0.5) is 0 Å². The topological polar surface area (TPSA) is 0 Å². The van der Waals surface area contributed by atoms with E-state index in [1.54, 1.807) is 0 Å². The molecule has 2 unspecified atom stereocenters. The van der Waals surface area contributed by atoms with Crippen molar-refractivity contribution in [1.29, 1.82) is 0 Å². The number of benzene rings is 4. The molecule has 0 heterocycles. The van der Waals surface area contributed by atoms with Crippen molar-refractivity contribution in [2.45, 2.75) is 39.2 Å². The van der Waals surface area contributed by atoms with Gasteiger partial charge in [0.25, 0.3) is 0 Å². The molecule has 6 rings (SSSR count). The van der Waals surface area contributed by atoms with Crippen LogP contribution in [0.5, 0.6) is 0 Å². The van der Waals surface area contributed by atoms with E-state index >= 15 is 0 Å². The van der Waals surface area contributed by atoms with Gasteiger partial charge in [0, 0.05) is 63.4 Å². The third-order valence-corrected chi connectivity index (χ3v) is 16.1. The molecule has 46 heavy (non-hydrogen) atoms. The maximum atomic E-state index is 4.42. The Balaban J connectivity index is 1.05. The Bertz CT molecular complexity index is 1770. The molecular weight excluding hydrogens is 693 g/mol. The first-order valence-electron chi connectivity index (χ1n) is 14.6. The zero-order chi connectivity index (χ0) is 32.0. The summed E-state index contributed by atoms with van der Waals surface area (Å²) in [7, 11) is 0.105. The number of rotatable bonds is 8. The van der Waals surface area contributed by atoms with Gasteiger partial charge in [0.2, 0.25) is 9.73 Å². The van der Waals surface area contributed by atoms with Gasteiger partial charge >= 0.3 is 0 Å². The van der Waals surface area contributed by atoms with E-state index < -0.39 is 0 Å². The van der Waals surface area contributed by atoms with Crippen molar-refractivity contribution in [2.24, 2.45) is 0 Å². The van der Waals surface area contributed by atoms with Crippen molar-refractivity contribution in [1.82, 2.24) is 0 Å². The van der Waals surface area contributed by atoms with Gasteiger partial charge < -0.3 is 0 Å². The fourth-order valence-corrected chi connectivity index (χ4v) is 10.8. The van der Waals surface area contributed by atoms with Crippen LogP contribution in [0.25, 0.3) is 0 Å². The Kier molecular flexibility index (Phi) is 11.3. The highest BCUT2D eigenvalue weighted by atomic mass is 32.2. The minimum Gasteiger partial charge on any atom is -0.150 e. The van der Waals surface area contributed by atoms with Gasteiger partial charge in [0.1, 0.15) is 6.26 Å². The fourth-order valence-electron chi connectivity index (χ4n) is 4.83. The van der Waals surface area contributed by atoms with Crippen molar-refractivity contribution >= 4 is 99.3 Å². The second-order valence-electron chi connectivity index (χ2n) is 10.6. The lowest BCUT2D eigenvalue weighted by molar-refractivity contribution is 1.29. The lowest BCUT2D eigenvalue weighted by Gasteiger charge is -2.10. The van der Waals surface area contributed by atoms with Gasteiger partial charge in [0.05, 0.1) is 10.9 Å². The van der Waals surface area contributed by atoms with Crippen LogP contribution in [0.3, 0.4) is 0 Å². The van der Waals surface area contributed by atoms with Gasteiger partial charge in [-0.2, -0.15) is 21.0 Å². The molecule has 0 fully saturated rings. The first-order chi connectivity index (χ1) is 22.3. The Hall–Kier alpha value is -2.49. The molecule has 0 spiro atoms. The van der Waals surface area contributed by atoms with E-state index in [0.717, 1.165) is 9.73 Å². The molecule has 0 saturated heterocycles. The van der Waals surface area contributed by atoms with Crippen LogP contribution in [0, 0.1) is 0 Å². The predicted molar refractivity (Wildman–Crippen MR) is 222 cm³/mol. The third-order valence-electron chi connectivity index (χ3n) is 7.56. The van der Waals surface area contributed by atoms with Crippen LogP contribution in [-0.2, 0) is 35.3 Å². The number of hydrogen-bond donors (Lipinski definition) is 0. The van der Waals surface area contributed by atoms with Crippen molar-refractivity contribution in [3.63, 3.8) is 0 Å². The minimum atomic E-state index is 0.0110. The summed E-state index contributed by atoms with van der Waals surface area (Å²) in [5.74, 6) is 0. The van der Waals surface area contributed by atoms with Crippen LogP contribution in [-0.4, -0.2) is 38.2 Å². The molecule has 0 N–H and O–H groups in total. The molecule has 4 aromatic carbocycles. The van der Waals surface area contributed by atoms with Crippen LogP contribution in [0.1, 0.15) is 0 Å². The van der Waals surface area contributed by atoms with Gasteiger partial charge in [0.15, 0.2) is 34.2 Å². The molecule has 0 radical (unpaired) electrons. The monoisotopic (exact) mass is 727 g/mol. The minimum absolute atomic E-state index is 0.0110. The molecule has 2 atom stereocenters. The average Bonchev–Trinajstić information content (AvgIpc) is 3.09. The molecule has 0 aromatic heterocycles. The number of thiol groups is 2. The van der Waals surface area contributed by atoms with Crippen LogP contribution in [0.2, 0.25) is 0 Å². The van der Waals surface area contributed by atoms with Crippen LogP contribution in [0.15, 0.2) is 185 Å². The lowest BCUT2D eigenvalue weighted by Crippen LogP contribution is -2.00. The molecular formula is C39H35S7+3. The second kappa shape index (κ2) is 15.6. The normalized spacial score (nSPS) is 16.2. The first-order valence-corrected chi connectivity index (χ1v) is 22.1. The third kappa shape index (κ3) is 8.50. The van der Waals surface area contributed by atoms with Crippen molar-refractivity contribution in [3.8, 4) is 0 Å². The zero-order valence-electron chi connectivity index (χ0n) is 25.8. The summed E-state index contributed by atoms with van der Waals surface area (Å²) in [4.78, 5) is 15.1. The molecule has 4 aromatic rings. The molecule has 0 bridgehead atoms. The van der Waals surface area contributed by atoms with Crippen molar-refractivity contribution < 1.29 is 0 Å². The van der Waals surface area contributed by atoms with Crippen LogP contribution < -0.4 is 0 Å². The Morgan fingerprint density at radius 2 is 0.717 bits per heavy atom. The molecule has 0 amide bonds. The van der Waals surface area contributed by atoms with Crippen molar-refractivity contribution in [2.75, 3.05) is 18.8 Å². The molecule has 7 heteroatoms. The maximum absolute atomic E-state index is 4.42. The van der Waals surface area contributed by atoms with Gasteiger partial charge in [-0.3, -0.25) is 0 Å². The number of allylic oxidation sites excluding steroid dienone is 8. The van der Waals surface area contributed by atoms with E-state index in [0.29, 0.717) is 0 Å². The van der Waals surface area contributed by atoms with E-state index in [1.807, 2.05) is 23.5 Å². The van der Waals surface area contributed by atoms with Crippen molar-refractivity contribution in [3.05, 3.63) is 146 Å². The van der Waals surface area contributed by atoms with Gasteiger partial charge in [-0.25, -0.2) is 0 Å². The Morgan fingerprint density at radius 3 is 1.02 bits per heavy atom. The fraction of sp³-hybridized carbons (Fsp3) is 0.0769. The largest absolute Gasteiger partial charge is 0.221 e. The quantitative estimate of drug-likeness (QED) is 0.101. The van der Waals surface area contributed by atoms with Gasteiger partial charge in [-0.15, -0.1) is 0 Å². The summed E-state index contributed by atoms with van der Waals surface area (Å²) in [6.07, 6.45) is 23.9. The lowest BCUT2D eigenvalue weighted by atomic mass is 10.2. The van der Waals surface area contributed by atoms with Gasteiger partial charge in [-0.05, 0) is 134 Å². The summed E-state index contributed by atoms with van der Waals surface area (Å²) in [5.41, 5.74) is 0. The molecule has 2 aliphatic carbocycles. The molecule has 0 nitrogen and oxygen atoms in total. The SMILES string of the molecule is CS(=C1C=CC(=[SH+])C=C1)c1ccc(Sc2ccc([S+](C)c3ccc(Sc4ccc(S(C)=C5C=CC(=[SH+])C=C5)cc4)cc3)cc2)cc1. The maximum Gasteiger partial charge on any atom is 0.221 e. The second-order valence-corrected chi connectivity index (χ2v) is 19.8. The summed E-state index contributed by atoms with van der Waals surface area (Å²) >= 11 is 12.5. The molecule has 230 valence electrons. The highest BCUT2D eigenvalue weighted by molar-refractivity contribution is 8.16. The average molecular weight is 728 g/mol. The Morgan fingerprint density at radius 1 is 0.435 bits per heavy atom. The summed E-state index contributed by atoms with van der Waals surface area (Å²) in [6, 6.07) is 36.2. The first kappa shape index (κ1) is 33.4. The standard InChI is InChI=1S/C39H33S7/c1-44(34-16-4-28(40)5-17-34)36-20-8-30(9-21-36)42-32-12-24-38(25-13-32)46(3)39-26-14-33(15-27-39)43-31-10-22-37(23-11-31)45(2)35-18-6-29(41)7-19-35/h4-27H,1-3H3/q+1/p+2. The Labute approximate surface area is 300 Å². The smallest absolute Gasteiger partial charge is 0.150 e. The summed E-state index contributed by atoms with van der Waals surface area (Å²) < 4.78 is 0. The van der Waals surface area contributed by atoms with E-state index in [2.05, 4.69) is 189 Å². The highest BCUT2D eigenvalue weighted by Crippen LogP contribution is 2.35. The van der Waals surface area contributed by atoms with E-state index in [9.17, 15) is 0 Å². The summed E-state index contributed by atoms with van der Waals surface area (Å²) in [6.45, 7) is 0. The van der Waals surface area contributed by atoms with Gasteiger partial charge in [-0.1, -0.05) is 23.5 Å². The molecule has 0 aliphatic heterocycles. The zero-order valence-corrected chi connectivity index (χ0v) is 31.7. The molecule has 2 aliphatic rings.